The van der Waals surface area contributed by atoms with Gasteiger partial charge in [-0.2, -0.15) is 15.5 Å². The molecule has 5 aromatic rings. The number of nitrogens with one attached hydrogen (secondary N) is 2. The number of anilines is 3. The Bertz CT molecular complexity index is 2870. The van der Waals surface area contributed by atoms with Crippen molar-refractivity contribution in [1.82, 2.24) is 49.5 Å². The molecule has 0 atom stereocenters. The first-order valence-electron chi connectivity index (χ1n) is 23.8. The highest BCUT2D eigenvalue weighted by molar-refractivity contribution is 6.31. The number of fused-ring (bicyclic) bond motifs is 1. The summed E-state index contributed by atoms with van der Waals surface area (Å²) in [6, 6.07) is 8.94. The van der Waals surface area contributed by atoms with Gasteiger partial charge in [0.05, 0.1) is 47.2 Å². The lowest BCUT2D eigenvalue weighted by molar-refractivity contribution is -0.164. The van der Waals surface area contributed by atoms with E-state index in [4.69, 9.17) is 21.4 Å². The minimum Gasteiger partial charge on any atom is -0.489 e. The van der Waals surface area contributed by atoms with Gasteiger partial charge in [0.2, 0.25) is 17.8 Å². The van der Waals surface area contributed by atoms with Crippen LogP contribution >= 0.6 is 11.6 Å². The van der Waals surface area contributed by atoms with Gasteiger partial charge in [0.25, 0.3) is 12.3 Å². The number of rotatable bonds is 12. The molecule has 2 N–H and O–H groups in total. The SMILES string of the molecule is CC(=O)N1CCc2c(c(Nc3cc(C(F)F)c(-c4cnn(C)c4)cc3F)nn2C2CCN(C(=O)CN3CCN(c4ncc(C(=O)NC5C(C)(C)C(Oc6ccc(C#N)c(Cl)c6)C5(C)C)cn4)CC3)CC2)C1. The number of nitrogens with zero attached hydrogens (tertiary/aromatic N) is 11. The van der Waals surface area contributed by atoms with E-state index >= 15 is 4.39 Å². The molecule has 0 radical (unpaired) electrons. The molecule has 2 saturated heterocycles. The van der Waals surface area contributed by atoms with Crippen LogP contribution in [-0.4, -0.2) is 126 Å². The third-order valence-electron chi connectivity index (χ3n) is 14.7. The van der Waals surface area contributed by atoms with Crippen molar-refractivity contribution in [2.24, 2.45) is 17.9 Å². The topological polar surface area (TPSA) is 183 Å². The molecule has 2 aromatic carbocycles. The zero-order valence-electron chi connectivity index (χ0n) is 40.6. The van der Waals surface area contributed by atoms with Gasteiger partial charge in [-0.15, -0.1) is 0 Å². The van der Waals surface area contributed by atoms with E-state index in [9.17, 15) is 28.4 Å². The zero-order chi connectivity index (χ0) is 50.5. The lowest BCUT2D eigenvalue weighted by Crippen LogP contribution is -2.74. The van der Waals surface area contributed by atoms with E-state index < -0.39 is 23.1 Å². The molecule has 4 aliphatic rings. The van der Waals surface area contributed by atoms with Gasteiger partial charge < -0.3 is 30.1 Å². The molecule has 3 amide bonds. The van der Waals surface area contributed by atoms with E-state index in [1.807, 2.05) is 42.2 Å². The fourth-order valence-electron chi connectivity index (χ4n) is 11.1. The number of amides is 3. The second-order valence-electron chi connectivity index (χ2n) is 20.1. The highest BCUT2D eigenvalue weighted by Gasteiger charge is 2.64. The predicted molar refractivity (Wildman–Crippen MR) is 259 cm³/mol. The number of carbonyl (C=O) groups excluding carboxylic acids is 3. The number of aryl methyl sites for hydroxylation is 1. The molecule has 1 saturated carbocycles. The first-order valence-corrected chi connectivity index (χ1v) is 24.2. The summed E-state index contributed by atoms with van der Waals surface area (Å²) in [5, 5.41) is 24.7. The number of alkyl halides is 2. The van der Waals surface area contributed by atoms with Crippen LogP contribution in [0.15, 0.2) is 55.1 Å². The fourth-order valence-corrected chi connectivity index (χ4v) is 11.3. The lowest BCUT2D eigenvalue weighted by Gasteiger charge is -2.63. The molecule has 9 rings (SSSR count). The average Bonchev–Trinajstić information content (AvgIpc) is 3.95. The molecular formula is C50H57ClF3N13O4. The molecule has 3 aliphatic heterocycles. The van der Waals surface area contributed by atoms with Crippen LogP contribution < -0.4 is 20.3 Å². The van der Waals surface area contributed by atoms with E-state index in [0.717, 1.165) is 17.8 Å². The summed E-state index contributed by atoms with van der Waals surface area (Å²) in [7, 11) is 1.65. The van der Waals surface area contributed by atoms with Crippen molar-refractivity contribution in [2.75, 3.05) is 62.6 Å². The number of piperidine rings is 1. The van der Waals surface area contributed by atoms with Crippen LogP contribution in [0.4, 0.5) is 30.6 Å². The number of nitriles is 1. The normalized spacial score (nSPS) is 20.0. The number of likely N-dealkylation sites (tertiary alicyclic amines) is 1. The van der Waals surface area contributed by atoms with Crippen LogP contribution in [0.25, 0.3) is 11.1 Å². The first kappa shape index (κ1) is 49.3. The maximum absolute atomic E-state index is 15.7. The number of aromatic nitrogens is 6. The van der Waals surface area contributed by atoms with Crippen LogP contribution in [0, 0.1) is 28.0 Å². The Morgan fingerprint density at radius 1 is 0.958 bits per heavy atom. The molecule has 0 spiro atoms. The summed E-state index contributed by atoms with van der Waals surface area (Å²) >= 11 is 6.25. The Balaban J connectivity index is 0.774. The third kappa shape index (κ3) is 9.73. The van der Waals surface area contributed by atoms with Gasteiger partial charge in [0.1, 0.15) is 23.7 Å². The zero-order valence-corrected chi connectivity index (χ0v) is 41.3. The van der Waals surface area contributed by atoms with E-state index in [2.05, 4.69) is 36.7 Å². The highest BCUT2D eigenvalue weighted by Crippen LogP contribution is 2.55. The van der Waals surface area contributed by atoms with Crippen LogP contribution in [0.3, 0.4) is 0 Å². The molecule has 21 heteroatoms. The van der Waals surface area contributed by atoms with E-state index in [1.54, 1.807) is 36.3 Å². The number of benzene rings is 2. The summed E-state index contributed by atoms with van der Waals surface area (Å²) in [5.74, 6) is 0.249. The summed E-state index contributed by atoms with van der Waals surface area (Å²) in [6.07, 6.45) is 4.66. The Morgan fingerprint density at radius 2 is 1.66 bits per heavy atom. The van der Waals surface area contributed by atoms with E-state index in [0.29, 0.717) is 110 Å². The second kappa shape index (κ2) is 19.5. The molecule has 1 aliphatic carbocycles. The van der Waals surface area contributed by atoms with Gasteiger partial charge in [-0.1, -0.05) is 39.3 Å². The fraction of sp³-hybridized carbons (Fsp3) is 0.480. The molecule has 0 unspecified atom stereocenters. The van der Waals surface area contributed by atoms with Crippen molar-refractivity contribution in [3.8, 4) is 22.9 Å². The Kier molecular flexibility index (Phi) is 13.5. The van der Waals surface area contributed by atoms with Crippen LogP contribution in [0.1, 0.15) is 92.7 Å². The Labute approximate surface area is 414 Å². The molecule has 0 bridgehead atoms. The standard InChI is InChI=1S/C50H57ClF3N13O4/c1-29(68)66-14-11-41-37(27-66)44(59-40-21-36(43(53)54)35(20-39(40)52)32-25-58-62(6)26-32)61-67(41)33-9-12-64(13-10-33)42(69)28-63-15-17-65(18-16-63)48-56-23-31(24-57-48)45(70)60-46-49(2,3)47(50(46,4)5)71-34-8-7-30(22-55)38(51)19-34/h7-8,19-21,23-26,33,43,46-47H,9-18,27-28H2,1-6H3,(H,59,61)(H,60,70). The van der Waals surface area contributed by atoms with Gasteiger partial charge in [-0.25, -0.2) is 23.1 Å². The minimum atomic E-state index is -2.88. The van der Waals surface area contributed by atoms with Gasteiger partial charge in [-0.05, 0) is 42.7 Å². The minimum absolute atomic E-state index is 0.0276. The average molecular weight is 997 g/mol. The van der Waals surface area contributed by atoms with Crippen LogP contribution in [0.2, 0.25) is 5.02 Å². The Hall–Kier alpha value is -6.72. The lowest BCUT2D eigenvalue weighted by atomic mass is 9.49. The smallest absolute Gasteiger partial charge is 0.264 e. The monoisotopic (exact) mass is 995 g/mol. The molecule has 3 aromatic heterocycles. The molecule has 71 heavy (non-hydrogen) atoms. The third-order valence-corrected chi connectivity index (χ3v) is 15.0. The molecule has 17 nitrogen and oxygen atoms in total. The van der Waals surface area contributed by atoms with Gasteiger partial charge in [-0.3, -0.25) is 28.6 Å². The van der Waals surface area contributed by atoms with Crippen molar-refractivity contribution in [3.63, 3.8) is 0 Å². The van der Waals surface area contributed by atoms with Gasteiger partial charge in [0.15, 0.2) is 5.82 Å². The van der Waals surface area contributed by atoms with Crippen molar-refractivity contribution in [2.45, 2.75) is 85.0 Å². The number of hydrogen-bond donors (Lipinski definition) is 2. The van der Waals surface area contributed by atoms with E-state index in [1.165, 1.54) is 30.2 Å². The molecule has 6 heterocycles. The van der Waals surface area contributed by atoms with Gasteiger partial charge in [0, 0.05) is 130 Å². The van der Waals surface area contributed by atoms with Crippen molar-refractivity contribution in [1.29, 1.82) is 5.26 Å². The number of ether oxygens (including phenoxy) is 1. The Morgan fingerprint density at radius 3 is 2.28 bits per heavy atom. The number of halogens is 4. The summed E-state index contributed by atoms with van der Waals surface area (Å²) < 4.78 is 54.3. The van der Waals surface area contributed by atoms with Gasteiger partial charge >= 0.3 is 0 Å². The number of hydrogen-bond acceptors (Lipinski definition) is 12. The first-order chi connectivity index (χ1) is 33.8. The summed E-state index contributed by atoms with van der Waals surface area (Å²) in [4.78, 5) is 56.4. The summed E-state index contributed by atoms with van der Waals surface area (Å²) in [6.45, 7) is 14.1. The maximum Gasteiger partial charge on any atom is 0.264 e. The second-order valence-corrected chi connectivity index (χ2v) is 20.5. The quantitative estimate of drug-likeness (QED) is 0.132. The van der Waals surface area contributed by atoms with Crippen molar-refractivity contribution >= 4 is 46.8 Å². The molecule has 374 valence electrons. The number of carbonyl (C=O) groups is 3. The highest BCUT2D eigenvalue weighted by atomic mass is 35.5. The van der Waals surface area contributed by atoms with Crippen molar-refractivity contribution in [3.05, 3.63) is 93.9 Å². The van der Waals surface area contributed by atoms with Crippen LogP contribution in [0.5, 0.6) is 5.75 Å². The van der Waals surface area contributed by atoms with E-state index in [-0.39, 0.29) is 65.8 Å². The molecule has 3 fully saturated rings. The number of piperazine rings is 1. The largest absolute Gasteiger partial charge is 0.489 e. The maximum atomic E-state index is 15.7. The van der Waals surface area contributed by atoms with Crippen molar-refractivity contribution < 1.29 is 32.3 Å². The van der Waals surface area contributed by atoms with Crippen LogP contribution in [-0.2, 0) is 29.6 Å². The summed E-state index contributed by atoms with van der Waals surface area (Å²) in [5.41, 5.74) is 1.36. The molecular weight excluding hydrogens is 939 g/mol. The predicted octanol–water partition coefficient (Wildman–Crippen LogP) is 6.92.